The summed E-state index contributed by atoms with van der Waals surface area (Å²) in [6, 6.07) is 7.99. The standard InChI is InChI=1S/C24H41NP/c1-19(2)18-23(25(3)4)22-16-11-17-24(22)26(20-12-7-5-8-13-20)21-14-9-6-10-15-21/h11,16-17,19-21,23H,5-10,12-15,18H2,1-4H3/q-1/t23-/m0/s1. The van der Waals surface area contributed by atoms with Gasteiger partial charge in [-0.25, -0.2) is 12.1 Å². The van der Waals surface area contributed by atoms with Crippen LogP contribution in [-0.2, 0) is 0 Å². The molecule has 0 amide bonds. The van der Waals surface area contributed by atoms with Crippen LogP contribution < -0.4 is 5.30 Å². The van der Waals surface area contributed by atoms with E-state index in [0.29, 0.717) is 6.04 Å². The summed E-state index contributed by atoms with van der Waals surface area (Å²) in [4.78, 5) is 2.48. The number of nitrogens with zero attached hydrogens (tertiary/aromatic N) is 1. The Morgan fingerprint density at radius 3 is 1.96 bits per heavy atom. The van der Waals surface area contributed by atoms with Gasteiger partial charge in [0.25, 0.3) is 0 Å². The van der Waals surface area contributed by atoms with Crippen LogP contribution in [0, 0.1) is 5.92 Å². The maximum atomic E-state index is 2.54. The van der Waals surface area contributed by atoms with Crippen LogP contribution in [-0.4, -0.2) is 30.3 Å². The first kappa shape index (κ1) is 20.5. The molecule has 2 aliphatic rings. The second-order valence-electron chi connectivity index (χ2n) is 9.47. The summed E-state index contributed by atoms with van der Waals surface area (Å²) in [6.07, 6.45) is 16.2. The zero-order chi connectivity index (χ0) is 18.5. The van der Waals surface area contributed by atoms with Gasteiger partial charge in [0, 0.05) is 0 Å². The molecular formula is C24H41NP-. The first-order valence-electron chi connectivity index (χ1n) is 11.3. The van der Waals surface area contributed by atoms with Crippen LogP contribution in [0.5, 0.6) is 0 Å². The van der Waals surface area contributed by atoms with Crippen molar-refractivity contribution in [2.24, 2.45) is 5.92 Å². The third kappa shape index (κ3) is 4.96. The van der Waals surface area contributed by atoms with E-state index in [1.165, 1.54) is 70.6 Å². The molecule has 1 aromatic rings. The van der Waals surface area contributed by atoms with E-state index in [1.54, 1.807) is 10.9 Å². The minimum absolute atomic E-state index is 0.0153. The van der Waals surface area contributed by atoms with Gasteiger partial charge in [-0.2, -0.15) is 6.07 Å². The fourth-order valence-corrected chi connectivity index (χ4v) is 9.42. The van der Waals surface area contributed by atoms with Crippen molar-refractivity contribution in [1.29, 1.82) is 0 Å². The van der Waals surface area contributed by atoms with Crippen LogP contribution >= 0.6 is 7.92 Å². The van der Waals surface area contributed by atoms with Crippen molar-refractivity contribution in [3.8, 4) is 0 Å². The van der Waals surface area contributed by atoms with Gasteiger partial charge in [-0.1, -0.05) is 60.3 Å². The van der Waals surface area contributed by atoms with E-state index in [4.69, 9.17) is 0 Å². The Labute approximate surface area is 164 Å². The third-order valence-electron chi connectivity index (χ3n) is 6.72. The van der Waals surface area contributed by atoms with Crippen LogP contribution in [0.4, 0.5) is 0 Å². The lowest BCUT2D eigenvalue weighted by molar-refractivity contribution is 0.260. The molecule has 2 fully saturated rings. The number of hydrogen-bond acceptors (Lipinski definition) is 1. The molecule has 0 spiro atoms. The Kier molecular flexibility index (Phi) is 7.71. The van der Waals surface area contributed by atoms with Gasteiger partial charge in [-0.3, -0.25) is 0 Å². The van der Waals surface area contributed by atoms with Crippen LogP contribution in [0.2, 0.25) is 0 Å². The van der Waals surface area contributed by atoms with Gasteiger partial charge >= 0.3 is 0 Å². The van der Waals surface area contributed by atoms with Crippen molar-refractivity contribution in [2.75, 3.05) is 14.1 Å². The van der Waals surface area contributed by atoms with E-state index in [9.17, 15) is 0 Å². The van der Waals surface area contributed by atoms with Crippen molar-refractivity contribution in [3.63, 3.8) is 0 Å². The highest BCUT2D eigenvalue weighted by Crippen LogP contribution is 2.56. The topological polar surface area (TPSA) is 3.24 Å². The zero-order valence-corrected chi connectivity index (χ0v) is 18.6. The van der Waals surface area contributed by atoms with Crippen LogP contribution in [0.3, 0.4) is 0 Å². The quantitative estimate of drug-likeness (QED) is 0.373. The van der Waals surface area contributed by atoms with E-state index in [2.05, 4.69) is 51.0 Å². The molecule has 0 N–H and O–H groups in total. The van der Waals surface area contributed by atoms with Gasteiger partial charge in [-0.15, -0.1) is 10.9 Å². The Morgan fingerprint density at radius 1 is 0.962 bits per heavy atom. The second kappa shape index (κ2) is 9.79. The van der Waals surface area contributed by atoms with E-state index in [1.807, 2.05) is 0 Å². The first-order valence-corrected chi connectivity index (χ1v) is 12.8. The van der Waals surface area contributed by atoms with Crippen molar-refractivity contribution >= 4 is 13.2 Å². The molecule has 1 atom stereocenters. The molecule has 2 saturated carbocycles. The molecule has 3 rings (SSSR count). The second-order valence-corrected chi connectivity index (χ2v) is 12.2. The smallest absolute Gasteiger partial charge is 0.00994 e. The lowest BCUT2D eigenvalue weighted by atomic mass is 9.98. The SMILES string of the molecule is CC(C)C[C@@H]([c-]1cccc1P(C1CCCCC1)C1CCCCC1)N(C)C. The summed E-state index contributed by atoms with van der Waals surface area (Å²) in [5.41, 5.74) is 3.70. The summed E-state index contributed by atoms with van der Waals surface area (Å²) in [5.74, 6) is 0.751. The molecule has 26 heavy (non-hydrogen) atoms. The van der Waals surface area contributed by atoms with Crippen LogP contribution in [0.1, 0.15) is 96.1 Å². The van der Waals surface area contributed by atoms with Gasteiger partial charge < -0.3 is 4.90 Å². The average Bonchev–Trinajstić information content (AvgIpc) is 3.10. The largest absolute Gasteiger partial charge is 0.313 e. The molecule has 0 aromatic heterocycles. The Bertz CT molecular complexity index is 502. The molecule has 2 aliphatic carbocycles. The van der Waals surface area contributed by atoms with Gasteiger partial charge in [0.05, 0.1) is 0 Å². The minimum Gasteiger partial charge on any atom is -0.313 e. The lowest BCUT2D eigenvalue weighted by Crippen LogP contribution is -2.30. The molecular weight excluding hydrogens is 333 g/mol. The minimum atomic E-state index is 0.0153. The summed E-state index contributed by atoms with van der Waals surface area (Å²) in [6.45, 7) is 4.76. The zero-order valence-electron chi connectivity index (χ0n) is 17.7. The first-order chi connectivity index (χ1) is 12.6. The third-order valence-corrected chi connectivity index (χ3v) is 10.3. The molecule has 0 bridgehead atoms. The fraction of sp³-hybridized carbons (Fsp3) is 0.792. The molecule has 148 valence electrons. The molecule has 0 saturated heterocycles. The van der Waals surface area contributed by atoms with E-state index in [0.717, 1.165) is 17.2 Å². The predicted molar refractivity (Wildman–Crippen MR) is 118 cm³/mol. The Balaban J connectivity index is 1.91. The molecule has 0 unspecified atom stereocenters. The normalized spacial score (nSPS) is 21.8. The van der Waals surface area contributed by atoms with Gasteiger partial charge in [-0.05, 0) is 69.5 Å². The van der Waals surface area contributed by atoms with E-state index >= 15 is 0 Å². The molecule has 1 aromatic carbocycles. The van der Waals surface area contributed by atoms with E-state index in [-0.39, 0.29) is 7.92 Å². The molecule has 1 nitrogen and oxygen atoms in total. The monoisotopic (exact) mass is 374 g/mol. The highest BCUT2D eigenvalue weighted by molar-refractivity contribution is 7.67. The Hall–Kier alpha value is -0.260. The fourth-order valence-electron chi connectivity index (χ4n) is 5.41. The lowest BCUT2D eigenvalue weighted by Gasteiger charge is -2.43. The molecule has 0 aliphatic heterocycles. The summed E-state index contributed by atoms with van der Waals surface area (Å²) >= 11 is 0. The highest BCUT2D eigenvalue weighted by Gasteiger charge is 2.32. The van der Waals surface area contributed by atoms with Crippen LogP contribution in [0.25, 0.3) is 0 Å². The highest BCUT2D eigenvalue weighted by atomic mass is 31.1. The van der Waals surface area contributed by atoms with E-state index < -0.39 is 0 Å². The molecule has 0 heterocycles. The summed E-state index contributed by atoms with van der Waals surface area (Å²) in [7, 11) is 4.59. The van der Waals surface area contributed by atoms with Gasteiger partial charge in [0.2, 0.25) is 0 Å². The van der Waals surface area contributed by atoms with Gasteiger partial charge in [0.15, 0.2) is 0 Å². The summed E-state index contributed by atoms with van der Waals surface area (Å²) < 4.78 is 0. The predicted octanol–water partition coefficient (Wildman–Crippen LogP) is 6.83. The van der Waals surface area contributed by atoms with Crippen molar-refractivity contribution in [3.05, 3.63) is 23.8 Å². The number of rotatable bonds is 7. The van der Waals surface area contributed by atoms with Crippen molar-refractivity contribution in [1.82, 2.24) is 4.90 Å². The van der Waals surface area contributed by atoms with Crippen molar-refractivity contribution < 1.29 is 0 Å². The maximum absolute atomic E-state index is 2.54. The maximum Gasteiger partial charge on any atom is -0.00994 e. The van der Waals surface area contributed by atoms with Crippen LogP contribution in [0.15, 0.2) is 18.2 Å². The summed E-state index contributed by atoms with van der Waals surface area (Å²) in [5, 5.41) is 1.80. The number of hydrogen-bond donors (Lipinski definition) is 0. The van der Waals surface area contributed by atoms with Gasteiger partial charge in [0.1, 0.15) is 0 Å². The van der Waals surface area contributed by atoms with Crippen molar-refractivity contribution in [2.45, 2.75) is 102 Å². The molecule has 0 radical (unpaired) electrons. The Morgan fingerprint density at radius 2 is 1.50 bits per heavy atom. The molecule has 2 heteroatoms. The average molecular weight is 375 g/mol.